The van der Waals surface area contributed by atoms with E-state index >= 15 is 0 Å². The molecule has 0 aliphatic carbocycles. The smallest absolute Gasteiger partial charge is 0.160 e. The van der Waals surface area contributed by atoms with Gasteiger partial charge in [-0.25, -0.2) is 19.9 Å². The molecule has 8 nitrogen and oxygen atoms in total. The molecule has 0 atom stereocenters. The molecule has 5 aromatic heterocycles. The van der Waals surface area contributed by atoms with Gasteiger partial charge in [0.1, 0.15) is 11.3 Å². The average Bonchev–Trinajstić information content (AvgIpc) is 4.02. The van der Waals surface area contributed by atoms with Gasteiger partial charge in [0.2, 0.25) is 0 Å². The summed E-state index contributed by atoms with van der Waals surface area (Å²) in [4.78, 5) is 24.9. The van der Waals surface area contributed by atoms with E-state index in [1.54, 1.807) is 0 Å². The minimum atomic E-state index is 0.658. The summed E-state index contributed by atoms with van der Waals surface area (Å²) in [6.07, 6.45) is 3.74. The Morgan fingerprint density at radius 3 is 1.03 bits per heavy atom. The van der Waals surface area contributed by atoms with Gasteiger partial charge >= 0.3 is 0 Å². The molecule has 14 aromatic rings. The van der Waals surface area contributed by atoms with Gasteiger partial charge in [0.15, 0.2) is 5.82 Å². The third-order valence-electron chi connectivity index (χ3n) is 14.2. The second-order valence-corrected chi connectivity index (χ2v) is 18.8. The number of nitrogens with zero attached hydrogens (tertiary/aromatic N) is 8. The first kappa shape index (κ1) is 44.3. The number of rotatable bonds is 11. The van der Waals surface area contributed by atoms with Crippen LogP contribution >= 0.6 is 0 Å². The molecule has 0 saturated carbocycles. The number of aromatic nitrogens is 6. The Labute approximate surface area is 439 Å². The molecule has 0 radical (unpaired) electrons. The van der Waals surface area contributed by atoms with E-state index in [1.807, 2.05) is 42.7 Å². The van der Waals surface area contributed by atoms with Gasteiger partial charge in [-0.1, -0.05) is 127 Å². The lowest BCUT2D eigenvalue weighted by atomic mass is 10.1. The Kier molecular flexibility index (Phi) is 11.0. The highest BCUT2D eigenvalue weighted by Crippen LogP contribution is 2.42. The van der Waals surface area contributed by atoms with E-state index in [4.69, 9.17) is 19.9 Å². The first-order valence-corrected chi connectivity index (χ1v) is 25.5. The van der Waals surface area contributed by atoms with Crippen LogP contribution in [0.15, 0.2) is 279 Å². The highest BCUT2D eigenvalue weighted by molar-refractivity contribution is 6.10. The lowest BCUT2D eigenvalue weighted by Gasteiger charge is -2.25. The molecule has 0 amide bonds. The third kappa shape index (κ3) is 7.89. The molecule has 0 N–H and O–H groups in total. The summed E-state index contributed by atoms with van der Waals surface area (Å²) < 4.78 is 4.51. The van der Waals surface area contributed by atoms with Crippen LogP contribution in [0.2, 0.25) is 0 Å². The number of para-hydroxylation sites is 4. The van der Waals surface area contributed by atoms with Gasteiger partial charge < -0.3 is 9.80 Å². The van der Waals surface area contributed by atoms with E-state index in [2.05, 4.69) is 256 Å². The fourth-order valence-electron chi connectivity index (χ4n) is 10.7. The van der Waals surface area contributed by atoms with Crippen LogP contribution in [-0.4, -0.2) is 29.1 Å². The molecule has 5 heterocycles. The minimum Gasteiger partial charge on any atom is -0.310 e. The van der Waals surface area contributed by atoms with Crippen LogP contribution in [0.1, 0.15) is 0 Å². The molecule has 9 aromatic carbocycles. The number of fused-ring (bicyclic) bond motifs is 6. The molecule has 76 heavy (non-hydrogen) atoms. The number of benzene rings is 9. The summed E-state index contributed by atoms with van der Waals surface area (Å²) in [7, 11) is 0. The Balaban J connectivity index is 0.826. The number of hydrogen-bond acceptors (Lipinski definition) is 6. The van der Waals surface area contributed by atoms with Crippen molar-refractivity contribution in [3.8, 4) is 45.3 Å². The minimum absolute atomic E-state index is 0.658. The van der Waals surface area contributed by atoms with Gasteiger partial charge in [-0.15, -0.1) is 0 Å². The highest BCUT2D eigenvalue weighted by Gasteiger charge is 2.21. The van der Waals surface area contributed by atoms with Crippen molar-refractivity contribution in [3.63, 3.8) is 0 Å². The number of pyridine rings is 2. The summed E-state index contributed by atoms with van der Waals surface area (Å²) in [5, 5.41) is 4.41. The lowest BCUT2D eigenvalue weighted by molar-refractivity contribution is 1.13. The maximum Gasteiger partial charge on any atom is 0.160 e. The Bertz CT molecular complexity index is 4030. The molecule has 0 aliphatic rings. The quantitative estimate of drug-likeness (QED) is 0.129. The van der Waals surface area contributed by atoms with Crippen molar-refractivity contribution in [1.82, 2.24) is 29.1 Å². The van der Waals surface area contributed by atoms with Crippen LogP contribution in [0.25, 0.3) is 89.2 Å². The zero-order valence-corrected chi connectivity index (χ0v) is 41.1. The summed E-state index contributed by atoms with van der Waals surface area (Å²) in [5.41, 5.74) is 17.0. The second kappa shape index (κ2) is 18.9. The SMILES string of the molecule is c1ccc(-c2nc(-c3ccc(-n4c5ccc(N(c6ccccc6)c6ccccc6)cc5c5cccnc54)cc3)cc(-c3ccc(-n4c5ccc(N(c6ccccc6)c6ccccc6)cc5c5cccnc54)cc3)n2)cc1. The van der Waals surface area contributed by atoms with Crippen LogP contribution in [0.5, 0.6) is 0 Å². The summed E-state index contributed by atoms with van der Waals surface area (Å²) >= 11 is 0. The van der Waals surface area contributed by atoms with E-state index in [1.165, 1.54) is 0 Å². The van der Waals surface area contributed by atoms with Crippen LogP contribution in [0, 0.1) is 0 Å². The van der Waals surface area contributed by atoms with Crippen molar-refractivity contribution in [1.29, 1.82) is 0 Å². The number of hydrogen-bond donors (Lipinski definition) is 0. The van der Waals surface area contributed by atoms with Crippen molar-refractivity contribution in [3.05, 3.63) is 279 Å². The first-order valence-electron chi connectivity index (χ1n) is 25.5. The second-order valence-electron chi connectivity index (χ2n) is 18.8. The normalized spacial score (nSPS) is 11.4. The van der Waals surface area contributed by atoms with E-state index < -0.39 is 0 Å². The van der Waals surface area contributed by atoms with Crippen molar-refractivity contribution in [2.24, 2.45) is 0 Å². The molecule has 0 unspecified atom stereocenters. The van der Waals surface area contributed by atoms with E-state index in [9.17, 15) is 0 Å². The maximum atomic E-state index is 5.20. The molecule has 0 fully saturated rings. The van der Waals surface area contributed by atoms with Crippen molar-refractivity contribution < 1.29 is 0 Å². The van der Waals surface area contributed by atoms with Gasteiger partial charge in [0.05, 0.1) is 22.4 Å². The van der Waals surface area contributed by atoms with E-state index in [-0.39, 0.29) is 0 Å². The maximum absolute atomic E-state index is 5.20. The molecular weight excluding hydrogens is 929 g/mol. The molecule has 14 rings (SSSR count). The third-order valence-corrected chi connectivity index (χ3v) is 14.2. The van der Waals surface area contributed by atoms with Gasteiger partial charge in [0.25, 0.3) is 0 Å². The zero-order valence-electron chi connectivity index (χ0n) is 41.1. The molecule has 8 heteroatoms. The standard InChI is InChI=1S/C68H46N8/c1-6-18-49(19-7-1)66-71-62(47-30-34-54(35-31-47)75-64-40-38-56(44-60(64)58-28-16-42-69-67(58)75)73(50-20-8-2-9-21-50)51-22-10-3-11-23-51)46-63(72-66)48-32-36-55(37-33-48)76-65-41-39-57(45-61(65)59-29-17-43-70-68(59)76)74(52-24-12-4-13-25-52)53-26-14-5-15-27-53/h1-46H. The first-order chi connectivity index (χ1) is 37.7. The predicted molar refractivity (Wildman–Crippen MR) is 312 cm³/mol. The Hall–Kier alpha value is -10.4. The van der Waals surface area contributed by atoms with Gasteiger partial charge in [0, 0.05) is 96.1 Å². The van der Waals surface area contributed by atoms with Gasteiger partial charge in [-0.05, 0) is 140 Å². The fraction of sp³-hybridized carbons (Fsp3) is 0. The molecule has 0 aliphatic heterocycles. The van der Waals surface area contributed by atoms with Gasteiger partial charge in [-0.2, -0.15) is 0 Å². The Morgan fingerprint density at radius 1 is 0.276 bits per heavy atom. The number of anilines is 6. The predicted octanol–water partition coefficient (Wildman–Crippen LogP) is 17.4. The molecule has 358 valence electrons. The van der Waals surface area contributed by atoms with Crippen LogP contribution < -0.4 is 9.80 Å². The summed E-state index contributed by atoms with van der Waals surface area (Å²) in [6.45, 7) is 0. The highest BCUT2D eigenvalue weighted by atomic mass is 15.2. The van der Waals surface area contributed by atoms with Crippen LogP contribution in [0.4, 0.5) is 34.1 Å². The van der Waals surface area contributed by atoms with E-state index in [0.29, 0.717) is 5.82 Å². The zero-order chi connectivity index (χ0) is 50.4. The molecular formula is C68H46N8. The fourth-order valence-corrected chi connectivity index (χ4v) is 10.7. The monoisotopic (exact) mass is 974 g/mol. The molecule has 0 bridgehead atoms. The average molecular weight is 975 g/mol. The molecule has 0 saturated heterocycles. The summed E-state index contributed by atoms with van der Waals surface area (Å²) in [5.74, 6) is 0.658. The van der Waals surface area contributed by atoms with Crippen molar-refractivity contribution in [2.45, 2.75) is 0 Å². The van der Waals surface area contributed by atoms with Gasteiger partial charge in [-0.3, -0.25) is 9.13 Å². The van der Waals surface area contributed by atoms with Crippen LogP contribution in [0.3, 0.4) is 0 Å². The summed E-state index contributed by atoms with van der Waals surface area (Å²) in [6, 6.07) is 93.4. The Morgan fingerprint density at radius 2 is 0.645 bits per heavy atom. The van der Waals surface area contributed by atoms with E-state index in [0.717, 1.165) is 117 Å². The van der Waals surface area contributed by atoms with Crippen molar-refractivity contribution in [2.75, 3.05) is 9.80 Å². The topological polar surface area (TPSA) is 67.9 Å². The van der Waals surface area contributed by atoms with Crippen molar-refractivity contribution >= 4 is 78.0 Å². The van der Waals surface area contributed by atoms with Crippen LogP contribution in [-0.2, 0) is 0 Å². The molecule has 0 spiro atoms. The largest absolute Gasteiger partial charge is 0.310 e. The lowest BCUT2D eigenvalue weighted by Crippen LogP contribution is -2.09.